The van der Waals surface area contributed by atoms with Crippen LogP contribution in [0.15, 0.2) is 18.2 Å². The zero-order valence-corrected chi connectivity index (χ0v) is 9.50. The molecular formula is C11H13ClO3. The first-order chi connectivity index (χ1) is 7.20. The fourth-order valence-electron chi connectivity index (χ4n) is 1.23. The number of ether oxygens (including phenoxy) is 2. The Labute approximate surface area is 93.9 Å². The summed E-state index contributed by atoms with van der Waals surface area (Å²) in [5.74, 6) is 0.965. The van der Waals surface area contributed by atoms with Gasteiger partial charge in [0.25, 0.3) is 5.24 Å². The van der Waals surface area contributed by atoms with Gasteiger partial charge >= 0.3 is 0 Å². The molecule has 82 valence electrons. The first-order valence-electron chi connectivity index (χ1n) is 4.79. The van der Waals surface area contributed by atoms with E-state index in [9.17, 15) is 4.79 Å². The van der Waals surface area contributed by atoms with Gasteiger partial charge in [0.2, 0.25) is 0 Å². The maximum atomic E-state index is 11.1. The van der Waals surface area contributed by atoms with Crippen LogP contribution in [0, 0.1) is 0 Å². The Bertz CT molecular complexity index is 350. The van der Waals surface area contributed by atoms with Gasteiger partial charge < -0.3 is 9.47 Å². The molecule has 0 aliphatic rings. The van der Waals surface area contributed by atoms with Gasteiger partial charge in [0.05, 0.1) is 18.8 Å². The SMILES string of the molecule is CCOc1cccc(C(=O)Cl)c1OCC. The highest BCUT2D eigenvalue weighted by Gasteiger charge is 2.14. The maximum absolute atomic E-state index is 11.1. The molecule has 0 saturated heterocycles. The molecule has 4 heteroatoms. The molecule has 0 saturated carbocycles. The highest BCUT2D eigenvalue weighted by atomic mass is 35.5. The van der Waals surface area contributed by atoms with E-state index in [0.29, 0.717) is 30.3 Å². The van der Waals surface area contributed by atoms with Gasteiger partial charge in [0.15, 0.2) is 11.5 Å². The molecule has 0 atom stereocenters. The summed E-state index contributed by atoms with van der Waals surface area (Å²) in [7, 11) is 0. The van der Waals surface area contributed by atoms with E-state index in [1.165, 1.54) is 0 Å². The van der Waals surface area contributed by atoms with Crippen molar-refractivity contribution < 1.29 is 14.3 Å². The van der Waals surface area contributed by atoms with Crippen LogP contribution in [0.2, 0.25) is 0 Å². The smallest absolute Gasteiger partial charge is 0.256 e. The second-order valence-corrected chi connectivity index (χ2v) is 3.12. The minimum atomic E-state index is -0.542. The zero-order chi connectivity index (χ0) is 11.3. The monoisotopic (exact) mass is 228 g/mol. The molecule has 0 aromatic heterocycles. The molecule has 0 aliphatic heterocycles. The predicted molar refractivity (Wildman–Crippen MR) is 59.0 cm³/mol. The van der Waals surface area contributed by atoms with Crippen LogP contribution >= 0.6 is 11.6 Å². The lowest BCUT2D eigenvalue weighted by Gasteiger charge is -2.12. The van der Waals surface area contributed by atoms with E-state index in [-0.39, 0.29) is 0 Å². The third kappa shape index (κ3) is 2.86. The summed E-state index contributed by atoms with van der Waals surface area (Å²) in [4.78, 5) is 11.1. The van der Waals surface area contributed by atoms with E-state index in [4.69, 9.17) is 21.1 Å². The summed E-state index contributed by atoms with van der Waals surface area (Å²) in [6.45, 7) is 4.68. The Kier molecular flexibility index (Phi) is 4.43. The van der Waals surface area contributed by atoms with Gasteiger partial charge in [-0.1, -0.05) is 6.07 Å². The van der Waals surface area contributed by atoms with Crippen molar-refractivity contribution in [3.63, 3.8) is 0 Å². The average Bonchev–Trinajstić information content (AvgIpc) is 2.21. The zero-order valence-electron chi connectivity index (χ0n) is 8.75. The number of para-hydroxylation sites is 1. The van der Waals surface area contributed by atoms with Crippen LogP contribution in [-0.4, -0.2) is 18.5 Å². The normalized spacial score (nSPS) is 9.80. The van der Waals surface area contributed by atoms with Crippen LogP contribution in [0.4, 0.5) is 0 Å². The van der Waals surface area contributed by atoms with Crippen molar-refractivity contribution in [3.05, 3.63) is 23.8 Å². The average molecular weight is 229 g/mol. The summed E-state index contributed by atoms with van der Waals surface area (Å²) in [5, 5.41) is -0.542. The molecule has 1 aromatic carbocycles. The first-order valence-corrected chi connectivity index (χ1v) is 5.16. The molecule has 0 fully saturated rings. The molecule has 0 radical (unpaired) electrons. The van der Waals surface area contributed by atoms with Crippen LogP contribution in [0.5, 0.6) is 11.5 Å². The van der Waals surface area contributed by atoms with Crippen molar-refractivity contribution in [2.24, 2.45) is 0 Å². The molecule has 1 rings (SSSR count). The van der Waals surface area contributed by atoms with E-state index in [1.807, 2.05) is 13.8 Å². The van der Waals surface area contributed by atoms with Gasteiger partial charge in [0, 0.05) is 0 Å². The fourth-order valence-corrected chi connectivity index (χ4v) is 1.38. The van der Waals surface area contributed by atoms with Gasteiger partial charge in [-0.25, -0.2) is 0 Å². The number of benzene rings is 1. The van der Waals surface area contributed by atoms with Crippen LogP contribution in [0.3, 0.4) is 0 Å². The summed E-state index contributed by atoms with van der Waals surface area (Å²) in [5.41, 5.74) is 0.337. The largest absolute Gasteiger partial charge is 0.490 e. The third-order valence-electron chi connectivity index (χ3n) is 1.78. The molecule has 3 nitrogen and oxygen atoms in total. The first kappa shape index (κ1) is 11.9. The van der Waals surface area contributed by atoms with E-state index >= 15 is 0 Å². The molecule has 0 unspecified atom stereocenters. The van der Waals surface area contributed by atoms with Crippen LogP contribution in [-0.2, 0) is 0 Å². The number of hydrogen-bond donors (Lipinski definition) is 0. The topological polar surface area (TPSA) is 35.5 Å². The lowest BCUT2D eigenvalue weighted by atomic mass is 10.2. The molecule has 0 N–H and O–H groups in total. The Morgan fingerprint density at radius 3 is 2.47 bits per heavy atom. The van der Waals surface area contributed by atoms with Crippen LogP contribution < -0.4 is 9.47 Å². The molecule has 1 aromatic rings. The highest BCUT2D eigenvalue weighted by molar-refractivity contribution is 6.68. The second-order valence-electron chi connectivity index (χ2n) is 2.77. The van der Waals surface area contributed by atoms with Crippen molar-refractivity contribution in [1.29, 1.82) is 0 Å². The Morgan fingerprint density at radius 1 is 1.27 bits per heavy atom. The lowest BCUT2D eigenvalue weighted by molar-refractivity contribution is 0.107. The highest BCUT2D eigenvalue weighted by Crippen LogP contribution is 2.32. The van der Waals surface area contributed by atoms with Crippen molar-refractivity contribution in [1.82, 2.24) is 0 Å². The van der Waals surface area contributed by atoms with E-state index in [2.05, 4.69) is 0 Å². The molecule has 0 bridgehead atoms. The number of carbonyl (C=O) groups is 1. The number of hydrogen-bond acceptors (Lipinski definition) is 3. The van der Waals surface area contributed by atoms with E-state index < -0.39 is 5.24 Å². The van der Waals surface area contributed by atoms with Gasteiger partial charge in [0.1, 0.15) is 0 Å². The number of rotatable bonds is 5. The fraction of sp³-hybridized carbons (Fsp3) is 0.364. The number of carbonyl (C=O) groups excluding carboxylic acids is 1. The molecule has 0 spiro atoms. The van der Waals surface area contributed by atoms with Crippen molar-refractivity contribution in [2.75, 3.05) is 13.2 Å². The number of halogens is 1. The van der Waals surface area contributed by atoms with Gasteiger partial charge in [-0.05, 0) is 37.6 Å². The molecule has 0 amide bonds. The molecular weight excluding hydrogens is 216 g/mol. The van der Waals surface area contributed by atoms with E-state index in [0.717, 1.165) is 0 Å². The summed E-state index contributed by atoms with van der Waals surface area (Å²) in [6.07, 6.45) is 0. The maximum Gasteiger partial charge on any atom is 0.256 e. The summed E-state index contributed by atoms with van der Waals surface area (Å²) >= 11 is 5.44. The van der Waals surface area contributed by atoms with Gasteiger partial charge in [-0.3, -0.25) is 4.79 Å². The summed E-state index contributed by atoms with van der Waals surface area (Å²) < 4.78 is 10.7. The standard InChI is InChI=1S/C11H13ClO3/c1-3-14-9-7-5-6-8(11(12)13)10(9)15-4-2/h5-7H,3-4H2,1-2H3. The quantitative estimate of drug-likeness (QED) is 0.727. The Balaban J connectivity index is 3.15. The van der Waals surface area contributed by atoms with Crippen molar-refractivity contribution in [3.8, 4) is 11.5 Å². The predicted octanol–water partition coefficient (Wildman–Crippen LogP) is 2.86. The molecule has 0 heterocycles. The summed E-state index contributed by atoms with van der Waals surface area (Å²) in [6, 6.07) is 5.07. The third-order valence-corrected chi connectivity index (χ3v) is 1.98. The van der Waals surface area contributed by atoms with E-state index in [1.54, 1.807) is 18.2 Å². The second kappa shape index (κ2) is 5.61. The Morgan fingerprint density at radius 2 is 1.93 bits per heavy atom. The van der Waals surface area contributed by atoms with Crippen LogP contribution in [0.25, 0.3) is 0 Å². The lowest BCUT2D eigenvalue weighted by Crippen LogP contribution is -2.03. The Hall–Kier alpha value is -1.22. The molecule has 15 heavy (non-hydrogen) atoms. The minimum absolute atomic E-state index is 0.337. The van der Waals surface area contributed by atoms with Crippen molar-refractivity contribution in [2.45, 2.75) is 13.8 Å². The van der Waals surface area contributed by atoms with Gasteiger partial charge in [-0.15, -0.1) is 0 Å². The van der Waals surface area contributed by atoms with Crippen LogP contribution in [0.1, 0.15) is 24.2 Å². The minimum Gasteiger partial charge on any atom is -0.490 e. The molecule has 0 aliphatic carbocycles. The van der Waals surface area contributed by atoms with Gasteiger partial charge in [-0.2, -0.15) is 0 Å². The van der Waals surface area contributed by atoms with Crippen molar-refractivity contribution >= 4 is 16.8 Å².